The Hall–Kier alpha value is -1.15. The van der Waals surface area contributed by atoms with Crippen LogP contribution in [0.3, 0.4) is 0 Å². The molecule has 108 valence electrons. The van der Waals surface area contributed by atoms with Gasteiger partial charge in [0.05, 0.1) is 6.54 Å². The molecule has 20 heavy (non-hydrogen) atoms. The Morgan fingerprint density at radius 2 is 2.15 bits per heavy atom. The van der Waals surface area contributed by atoms with E-state index < -0.39 is 0 Å². The van der Waals surface area contributed by atoms with Gasteiger partial charge in [0.1, 0.15) is 5.01 Å². The summed E-state index contributed by atoms with van der Waals surface area (Å²) in [6.07, 6.45) is 0. The molecule has 0 radical (unpaired) electrons. The van der Waals surface area contributed by atoms with Crippen molar-refractivity contribution in [3.8, 4) is 0 Å². The Morgan fingerprint density at radius 1 is 1.40 bits per heavy atom. The van der Waals surface area contributed by atoms with Gasteiger partial charge in [-0.15, -0.1) is 22.6 Å². The van der Waals surface area contributed by atoms with Crippen LogP contribution in [0.15, 0.2) is 27.4 Å². The molecule has 0 atom stereocenters. The minimum absolute atomic E-state index is 0. The number of nitrogens with two attached hydrogens (primary N) is 1. The van der Waals surface area contributed by atoms with E-state index in [1.54, 1.807) is 23.1 Å². The van der Waals surface area contributed by atoms with Crippen LogP contribution in [-0.2, 0) is 4.79 Å². The van der Waals surface area contributed by atoms with Crippen LogP contribution in [0.25, 0.3) is 0 Å². The van der Waals surface area contributed by atoms with Gasteiger partial charge in [-0.05, 0) is 37.6 Å². The lowest BCUT2D eigenvalue weighted by atomic mass is 10.2. The predicted octanol–water partition coefficient (Wildman–Crippen LogP) is 2.63. The lowest BCUT2D eigenvalue weighted by Gasteiger charge is -2.08. The van der Waals surface area contributed by atoms with Crippen molar-refractivity contribution in [2.45, 2.75) is 23.1 Å². The summed E-state index contributed by atoms with van der Waals surface area (Å²) in [5.41, 5.74) is 7.05. The van der Waals surface area contributed by atoms with Gasteiger partial charge in [0, 0.05) is 10.6 Å². The molecule has 1 amide bonds. The molecule has 0 aliphatic heterocycles. The summed E-state index contributed by atoms with van der Waals surface area (Å²) in [6, 6.07) is 5.83. The number of amides is 1. The summed E-state index contributed by atoms with van der Waals surface area (Å²) in [4.78, 5) is 12.3. The Kier molecular flexibility index (Phi) is 6.41. The first-order chi connectivity index (χ1) is 9.08. The molecule has 2 aromatic rings. The van der Waals surface area contributed by atoms with Crippen molar-refractivity contribution in [3.05, 3.63) is 28.8 Å². The maximum atomic E-state index is 11.3. The Morgan fingerprint density at radius 3 is 2.70 bits per heavy atom. The number of aromatic nitrogens is 2. The number of benzene rings is 1. The van der Waals surface area contributed by atoms with Crippen LogP contribution < -0.4 is 11.1 Å². The van der Waals surface area contributed by atoms with Crippen molar-refractivity contribution in [2.75, 3.05) is 11.9 Å². The molecule has 0 saturated heterocycles. The minimum Gasteiger partial charge on any atom is -0.325 e. The van der Waals surface area contributed by atoms with Crippen molar-refractivity contribution in [1.82, 2.24) is 10.2 Å². The second kappa shape index (κ2) is 7.58. The van der Waals surface area contributed by atoms with E-state index in [9.17, 15) is 4.79 Å². The smallest absolute Gasteiger partial charge is 0.238 e. The molecule has 3 N–H and O–H groups in total. The number of halogens is 1. The zero-order valence-corrected chi connectivity index (χ0v) is 13.5. The summed E-state index contributed by atoms with van der Waals surface area (Å²) < 4.78 is 0.913. The van der Waals surface area contributed by atoms with Gasteiger partial charge >= 0.3 is 0 Å². The van der Waals surface area contributed by atoms with E-state index in [4.69, 9.17) is 5.73 Å². The molecular weight excluding hydrogens is 316 g/mol. The molecule has 5 nitrogen and oxygen atoms in total. The highest BCUT2D eigenvalue weighted by Gasteiger charge is 2.07. The zero-order valence-electron chi connectivity index (χ0n) is 11.0. The van der Waals surface area contributed by atoms with Gasteiger partial charge in [-0.2, -0.15) is 0 Å². The van der Waals surface area contributed by atoms with E-state index in [1.807, 2.05) is 32.0 Å². The summed E-state index contributed by atoms with van der Waals surface area (Å²) in [7, 11) is 0. The molecule has 0 saturated carbocycles. The fraction of sp³-hybridized carbons (Fsp3) is 0.250. The molecule has 1 heterocycles. The second-order valence-corrected chi connectivity index (χ2v) is 6.42. The minimum atomic E-state index is -0.191. The lowest BCUT2D eigenvalue weighted by molar-refractivity contribution is -0.114. The van der Waals surface area contributed by atoms with Gasteiger partial charge < -0.3 is 11.1 Å². The second-order valence-electron chi connectivity index (χ2n) is 3.92. The number of aryl methyl sites for hydroxylation is 2. The molecule has 8 heteroatoms. The molecule has 0 bridgehead atoms. The van der Waals surface area contributed by atoms with E-state index in [2.05, 4.69) is 15.5 Å². The fourth-order valence-corrected chi connectivity index (χ4v) is 3.35. The van der Waals surface area contributed by atoms with Crippen molar-refractivity contribution in [1.29, 1.82) is 0 Å². The van der Waals surface area contributed by atoms with Crippen LogP contribution in [-0.4, -0.2) is 22.6 Å². The number of anilines is 1. The molecule has 0 fully saturated rings. The topological polar surface area (TPSA) is 80.9 Å². The molecule has 0 aliphatic rings. The van der Waals surface area contributed by atoms with Crippen LogP contribution in [0.1, 0.15) is 10.6 Å². The number of rotatable bonds is 4. The number of hydrogen-bond acceptors (Lipinski definition) is 6. The first-order valence-electron chi connectivity index (χ1n) is 5.67. The molecule has 2 rings (SSSR count). The van der Waals surface area contributed by atoms with E-state index >= 15 is 0 Å². The summed E-state index contributed by atoms with van der Waals surface area (Å²) >= 11 is 3.12. The molecule has 1 aromatic heterocycles. The van der Waals surface area contributed by atoms with Crippen LogP contribution in [0.4, 0.5) is 5.69 Å². The predicted molar refractivity (Wildman–Crippen MR) is 84.9 cm³/mol. The number of nitrogens with zero attached hydrogens (tertiary/aromatic N) is 2. The van der Waals surface area contributed by atoms with Gasteiger partial charge in [-0.3, -0.25) is 4.79 Å². The van der Waals surface area contributed by atoms with Crippen LogP contribution in [0.5, 0.6) is 0 Å². The number of nitrogens with one attached hydrogen (secondary N) is 1. The van der Waals surface area contributed by atoms with E-state index in [0.29, 0.717) is 0 Å². The van der Waals surface area contributed by atoms with E-state index in [-0.39, 0.29) is 24.9 Å². The average Bonchev–Trinajstić information content (AvgIpc) is 2.78. The molecular formula is C12H15ClN4OS2. The monoisotopic (exact) mass is 330 g/mol. The number of carbonyl (C=O) groups excluding carboxylic acids is 1. The van der Waals surface area contributed by atoms with E-state index in [0.717, 1.165) is 25.5 Å². The van der Waals surface area contributed by atoms with Crippen LogP contribution >= 0.6 is 35.5 Å². The van der Waals surface area contributed by atoms with Gasteiger partial charge in [0.15, 0.2) is 4.34 Å². The Bertz CT molecular complexity index is 603. The highest BCUT2D eigenvalue weighted by atomic mass is 35.5. The third-order valence-electron chi connectivity index (χ3n) is 2.37. The standard InChI is InChI=1S/C12H14N4OS2.ClH/c1-7-5-9(19-12-16-15-8(2)18-12)3-4-10(7)14-11(17)6-13;/h3-5H,6,13H2,1-2H3,(H,14,17);1H. The first kappa shape index (κ1) is 16.9. The molecule has 0 unspecified atom stereocenters. The van der Waals surface area contributed by atoms with Crippen molar-refractivity contribution in [2.24, 2.45) is 5.73 Å². The molecule has 0 aliphatic carbocycles. The summed E-state index contributed by atoms with van der Waals surface area (Å²) in [6.45, 7) is 3.86. The van der Waals surface area contributed by atoms with Crippen molar-refractivity contribution in [3.63, 3.8) is 0 Å². The average molecular weight is 331 g/mol. The van der Waals surface area contributed by atoms with Gasteiger partial charge in [-0.1, -0.05) is 23.1 Å². The highest BCUT2D eigenvalue weighted by molar-refractivity contribution is 8.01. The number of hydrogen-bond donors (Lipinski definition) is 2. The SMILES string of the molecule is Cc1nnc(Sc2ccc(NC(=O)CN)c(C)c2)s1.Cl. The van der Waals surface area contributed by atoms with E-state index in [1.165, 1.54) is 0 Å². The maximum absolute atomic E-state index is 11.3. The normalized spacial score (nSPS) is 9.95. The summed E-state index contributed by atoms with van der Waals surface area (Å²) in [5, 5.41) is 11.8. The fourth-order valence-electron chi connectivity index (χ4n) is 1.46. The zero-order chi connectivity index (χ0) is 13.8. The van der Waals surface area contributed by atoms with Crippen molar-refractivity contribution >= 4 is 47.1 Å². The molecule has 0 spiro atoms. The first-order valence-corrected chi connectivity index (χ1v) is 7.30. The van der Waals surface area contributed by atoms with Gasteiger partial charge in [0.2, 0.25) is 5.91 Å². The van der Waals surface area contributed by atoms with Gasteiger partial charge in [-0.25, -0.2) is 0 Å². The lowest BCUT2D eigenvalue weighted by Crippen LogP contribution is -2.22. The third-order valence-corrected chi connectivity index (χ3v) is 4.25. The largest absolute Gasteiger partial charge is 0.325 e. The molecule has 1 aromatic carbocycles. The Labute approximate surface area is 131 Å². The number of carbonyl (C=O) groups is 1. The maximum Gasteiger partial charge on any atom is 0.238 e. The Balaban J connectivity index is 0.00000200. The van der Waals surface area contributed by atoms with Crippen LogP contribution in [0, 0.1) is 13.8 Å². The van der Waals surface area contributed by atoms with Crippen molar-refractivity contribution < 1.29 is 4.79 Å². The quantitative estimate of drug-likeness (QED) is 0.900. The summed E-state index contributed by atoms with van der Waals surface area (Å²) in [5.74, 6) is -0.191. The third kappa shape index (κ3) is 4.45. The van der Waals surface area contributed by atoms with Crippen LogP contribution in [0.2, 0.25) is 0 Å². The van der Waals surface area contributed by atoms with Gasteiger partial charge in [0.25, 0.3) is 0 Å². The highest BCUT2D eigenvalue weighted by Crippen LogP contribution is 2.31.